The fourth-order valence-corrected chi connectivity index (χ4v) is 0. The molecule has 0 aliphatic heterocycles. The number of rotatable bonds is 0. The molecule has 0 bridgehead atoms. The first-order valence-electron chi connectivity index (χ1n) is 0. The Hall–Kier alpha value is 3.92. The predicted molar refractivity (Wildman–Crippen MR) is 28.4 cm³/mol. The van der Waals surface area contributed by atoms with E-state index < -0.39 is 0 Å². The molecule has 0 heterocycles. The Morgan fingerprint density at radius 1 is 1.00 bits per heavy atom. The Labute approximate surface area is 115 Å². The third-order valence-corrected chi connectivity index (χ3v) is 0. The predicted octanol–water partition coefficient (Wildman–Crippen LogP) is -3.29. The van der Waals surface area contributed by atoms with E-state index in [1.165, 1.54) is 0 Å². The second-order valence-corrected chi connectivity index (χ2v) is 0. The third kappa shape index (κ3) is 18.1. The van der Waals surface area contributed by atoms with Crippen LogP contribution in [0.4, 0.5) is 0 Å². The monoisotopic (exact) mass is 623 g/mol. The van der Waals surface area contributed by atoms with E-state index in [-0.39, 0.29) is 118 Å². The van der Waals surface area contributed by atoms with E-state index in [0.29, 0.717) is 0 Å². The van der Waals surface area contributed by atoms with Gasteiger partial charge in [0.25, 0.3) is 0 Å². The third-order valence-electron chi connectivity index (χ3n) is 0. The molecule has 0 atom stereocenters. The molecule has 0 aromatic rings. The molecule has 0 aliphatic carbocycles. The van der Waals surface area contributed by atoms with E-state index in [1.54, 1.807) is 0 Å². The van der Waals surface area contributed by atoms with Crippen molar-refractivity contribution in [1.29, 1.82) is 0 Å². The van der Waals surface area contributed by atoms with Crippen LogP contribution in [0.5, 0.6) is 0 Å². The van der Waals surface area contributed by atoms with Crippen LogP contribution in [0.15, 0.2) is 0 Å². The summed E-state index contributed by atoms with van der Waals surface area (Å²) in [5.74, 6) is 0. The molecule has 0 amide bonds. The molecule has 0 N–H and O–H groups in total. The van der Waals surface area contributed by atoms with E-state index in [2.05, 4.69) is 0 Å². The molecule has 0 aliphatic rings. The van der Waals surface area contributed by atoms with Crippen molar-refractivity contribution in [3.63, 3.8) is 0 Å². The normalized spacial score (nSPS) is 0. The van der Waals surface area contributed by atoms with Crippen molar-refractivity contribution in [1.82, 2.24) is 0 Å². The molecular formula is H8AgBiInSnZn. The SMILES string of the molecule is [Ag].[BiH3].[InH3].[SnH2].[Zn]. The van der Waals surface area contributed by atoms with E-state index in [1.807, 2.05) is 0 Å². The van der Waals surface area contributed by atoms with Gasteiger partial charge in [-0.05, 0) is 0 Å². The van der Waals surface area contributed by atoms with Crippen LogP contribution in [0.25, 0.3) is 0 Å². The minimum atomic E-state index is 0. The molecule has 0 saturated carbocycles. The van der Waals surface area contributed by atoms with Crippen LogP contribution in [0.2, 0.25) is 0 Å². The van der Waals surface area contributed by atoms with Gasteiger partial charge in [-0.2, -0.15) is 0 Å². The van der Waals surface area contributed by atoms with Crippen LogP contribution in [0.3, 0.4) is 0 Å². The molecule has 0 spiro atoms. The molecule has 3 radical (unpaired) electrons. The summed E-state index contributed by atoms with van der Waals surface area (Å²) in [4.78, 5) is 0. The molecule has 33 valence electrons. The van der Waals surface area contributed by atoms with Crippen LogP contribution in [0, 0.1) is 0 Å². The zero-order valence-corrected chi connectivity index (χ0v) is 16.4. The number of hydrogen-bond donors (Lipinski definition) is 0. The second kappa shape index (κ2) is 24.7. The molecule has 5 heteroatoms. The van der Waals surface area contributed by atoms with Gasteiger partial charge < -0.3 is 0 Å². The molecule has 0 nitrogen and oxygen atoms in total. The molecule has 0 unspecified atom stereocenters. The fraction of sp³-hybridized carbons (Fsp3) is 0. The summed E-state index contributed by atoms with van der Waals surface area (Å²) in [5, 5.41) is 0. The van der Waals surface area contributed by atoms with Crippen LogP contribution >= 0.6 is 0 Å². The van der Waals surface area contributed by atoms with E-state index in [9.17, 15) is 0 Å². The van der Waals surface area contributed by atoms with E-state index in [0.717, 1.165) is 0 Å². The standard InChI is InChI=1S/Ag.Bi.In.Sn.Zn.8H. The van der Waals surface area contributed by atoms with Gasteiger partial charge >= 0.3 is 76.0 Å². The summed E-state index contributed by atoms with van der Waals surface area (Å²) in [6.45, 7) is 0. The van der Waals surface area contributed by atoms with E-state index >= 15 is 0 Å². The molecule has 0 fully saturated rings. The van der Waals surface area contributed by atoms with Gasteiger partial charge in [-0.1, -0.05) is 0 Å². The molecule has 5 heavy (non-hydrogen) atoms. The average molecular weight is 624 g/mol. The van der Waals surface area contributed by atoms with Crippen molar-refractivity contribution >= 4 is 76.0 Å². The summed E-state index contributed by atoms with van der Waals surface area (Å²) in [7, 11) is 0. The Balaban J connectivity index is 0. The van der Waals surface area contributed by atoms with Gasteiger partial charge in [0, 0.05) is 41.9 Å². The van der Waals surface area contributed by atoms with Crippen molar-refractivity contribution in [3.05, 3.63) is 0 Å². The van der Waals surface area contributed by atoms with Crippen LogP contribution in [-0.4, -0.2) is 76.0 Å². The van der Waals surface area contributed by atoms with Gasteiger partial charge in [0.2, 0.25) is 0 Å². The quantitative estimate of drug-likeness (QED) is 0.249. The van der Waals surface area contributed by atoms with Gasteiger partial charge in [-0.15, -0.1) is 0 Å². The Morgan fingerprint density at radius 3 is 1.00 bits per heavy atom. The van der Waals surface area contributed by atoms with Gasteiger partial charge in [0.05, 0.1) is 0 Å². The number of hydrogen-bond acceptors (Lipinski definition) is 0. The minimum Gasteiger partial charge on any atom is 0 e. The fourth-order valence-electron chi connectivity index (χ4n) is 0. The summed E-state index contributed by atoms with van der Waals surface area (Å²) < 4.78 is 0. The largest absolute Gasteiger partial charge is 0 e. The maximum atomic E-state index is 0. The second-order valence-electron chi connectivity index (χ2n) is 0. The Kier molecular flexibility index (Phi) is 180. The summed E-state index contributed by atoms with van der Waals surface area (Å²) >= 11 is 0. The van der Waals surface area contributed by atoms with Crippen molar-refractivity contribution in [2.45, 2.75) is 0 Å². The van der Waals surface area contributed by atoms with E-state index in [4.69, 9.17) is 0 Å². The summed E-state index contributed by atoms with van der Waals surface area (Å²) in [5.41, 5.74) is 0. The minimum absolute atomic E-state index is 0. The van der Waals surface area contributed by atoms with Crippen LogP contribution < -0.4 is 0 Å². The molecule has 0 saturated heterocycles. The first-order valence-corrected chi connectivity index (χ1v) is 0. The summed E-state index contributed by atoms with van der Waals surface area (Å²) in [6, 6.07) is 0. The molecule has 0 rings (SSSR count). The van der Waals surface area contributed by atoms with Gasteiger partial charge in [-0.3, -0.25) is 0 Å². The van der Waals surface area contributed by atoms with Gasteiger partial charge in [0.1, 0.15) is 0 Å². The maximum Gasteiger partial charge on any atom is 0 e. The van der Waals surface area contributed by atoms with Gasteiger partial charge in [-0.25, -0.2) is 0 Å². The topological polar surface area (TPSA) is 0 Å². The first kappa shape index (κ1) is 36.4. The maximum absolute atomic E-state index is 0. The Bertz CT molecular complexity index is 11.6. The van der Waals surface area contributed by atoms with Crippen molar-refractivity contribution in [3.8, 4) is 0 Å². The van der Waals surface area contributed by atoms with Crippen LogP contribution in [-0.2, 0) is 41.9 Å². The Morgan fingerprint density at radius 2 is 1.00 bits per heavy atom. The molecule has 0 aromatic carbocycles. The first-order chi connectivity index (χ1) is 0. The average Bonchev–Trinajstić information content (AvgIpc) is 0. The molecular weight excluding hydrogens is 616 g/mol. The summed E-state index contributed by atoms with van der Waals surface area (Å²) in [6.07, 6.45) is 0. The van der Waals surface area contributed by atoms with Crippen molar-refractivity contribution in [2.24, 2.45) is 0 Å². The smallest absolute Gasteiger partial charge is 0 e. The molecule has 0 aromatic heterocycles. The van der Waals surface area contributed by atoms with Crippen molar-refractivity contribution < 1.29 is 41.9 Å². The van der Waals surface area contributed by atoms with Gasteiger partial charge in [0.15, 0.2) is 0 Å². The van der Waals surface area contributed by atoms with Crippen molar-refractivity contribution in [2.75, 3.05) is 0 Å². The zero-order chi connectivity index (χ0) is 0. The zero-order valence-electron chi connectivity index (χ0n) is 2.42. The van der Waals surface area contributed by atoms with Crippen LogP contribution in [0.1, 0.15) is 0 Å².